The van der Waals surface area contributed by atoms with Gasteiger partial charge in [-0.2, -0.15) is 0 Å². The molecule has 0 spiro atoms. The number of rotatable bonds is 4. The summed E-state index contributed by atoms with van der Waals surface area (Å²) in [5.74, 6) is 0.144. The SMILES string of the molecule is CC(Cc1cccs1)N(C)C(=O)c1cc(N)ncc1Cl. The molecule has 2 rings (SSSR count). The molecule has 0 fully saturated rings. The van der Waals surface area contributed by atoms with Gasteiger partial charge in [0.05, 0.1) is 10.6 Å². The highest BCUT2D eigenvalue weighted by atomic mass is 35.5. The minimum absolute atomic E-state index is 0.0756. The number of aromatic nitrogens is 1. The summed E-state index contributed by atoms with van der Waals surface area (Å²) in [4.78, 5) is 19.2. The smallest absolute Gasteiger partial charge is 0.255 e. The second-order valence-corrected chi connectivity index (χ2v) is 6.08. The van der Waals surface area contributed by atoms with Crippen molar-refractivity contribution in [2.45, 2.75) is 19.4 Å². The zero-order valence-corrected chi connectivity index (χ0v) is 12.9. The lowest BCUT2D eigenvalue weighted by molar-refractivity contribution is 0.0744. The van der Waals surface area contributed by atoms with Crippen molar-refractivity contribution in [3.8, 4) is 0 Å². The molecule has 0 bridgehead atoms. The van der Waals surface area contributed by atoms with Gasteiger partial charge in [-0.05, 0) is 24.4 Å². The summed E-state index contributed by atoms with van der Waals surface area (Å²) >= 11 is 7.71. The molecule has 0 aliphatic rings. The van der Waals surface area contributed by atoms with Crippen LogP contribution < -0.4 is 5.73 Å². The van der Waals surface area contributed by atoms with E-state index in [-0.39, 0.29) is 17.8 Å². The molecule has 106 valence electrons. The standard InChI is InChI=1S/C14H16ClN3OS/c1-9(6-10-4-3-5-20-10)18(2)14(19)11-7-13(16)17-8-12(11)15/h3-5,7-9H,6H2,1-2H3,(H2,16,17). The van der Waals surface area contributed by atoms with Crippen LogP contribution in [0.2, 0.25) is 5.02 Å². The number of carbonyl (C=O) groups excluding carboxylic acids is 1. The minimum Gasteiger partial charge on any atom is -0.384 e. The van der Waals surface area contributed by atoms with Crippen molar-refractivity contribution in [1.29, 1.82) is 0 Å². The number of nitrogen functional groups attached to an aromatic ring is 1. The van der Waals surface area contributed by atoms with Gasteiger partial charge in [0.2, 0.25) is 0 Å². The van der Waals surface area contributed by atoms with E-state index in [1.807, 2.05) is 18.4 Å². The van der Waals surface area contributed by atoms with E-state index < -0.39 is 0 Å². The Morgan fingerprint density at radius 3 is 3.00 bits per heavy atom. The number of thiophene rings is 1. The van der Waals surface area contributed by atoms with Crippen molar-refractivity contribution >= 4 is 34.7 Å². The maximum absolute atomic E-state index is 12.4. The lowest BCUT2D eigenvalue weighted by Gasteiger charge is -2.25. The Morgan fingerprint density at radius 1 is 1.60 bits per heavy atom. The van der Waals surface area contributed by atoms with Crippen LogP contribution in [0.15, 0.2) is 29.8 Å². The molecule has 0 saturated carbocycles. The maximum Gasteiger partial charge on any atom is 0.255 e. The number of pyridine rings is 1. The lowest BCUT2D eigenvalue weighted by Crippen LogP contribution is -2.36. The van der Waals surface area contributed by atoms with Crippen molar-refractivity contribution < 1.29 is 4.79 Å². The number of carbonyl (C=O) groups is 1. The molecule has 6 heteroatoms. The van der Waals surface area contributed by atoms with E-state index in [0.717, 1.165) is 6.42 Å². The van der Waals surface area contributed by atoms with Gasteiger partial charge in [0.1, 0.15) is 5.82 Å². The van der Waals surface area contributed by atoms with Gasteiger partial charge in [-0.15, -0.1) is 11.3 Å². The number of likely N-dealkylation sites (N-methyl/N-ethyl adjacent to an activating group) is 1. The van der Waals surface area contributed by atoms with Crippen LogP contribution in [0.25, 0.3) is 0 Å². The third-order valence-electron chi connectivity index (χ3n) is 3.17. The van der Waals surface area contributed by atoms with E-state index in [4.69, 9.17) is 17.3 Å². The van der Waals surface area contributed by atoms with E-state index in [1.165, 1.54) is 17.1 Å². The van der Waals surface area contributed by atoms with E-state index in [1.54, 1.807) is 23.3 Å². The zero-order chi connectivity index (χ0) is 14.7. The Morgan fingerprint density at radius 2 is 2.35 bits per heavy atom. The quantitative estimate of drug-likeness (QED) is 0.944. The molecule has 1 atom stereocenters. The molecular weight excluding hydrogens is 294 g/mol. The summed E-state index contributed by atoms with van der Waals surface area (Å²) in [7, 11) is 1.77. The van der Waals surface area contributed by atoms with E-state index in [0.29, 0.717) is 10.6 Å². The number of amides is 1. The highest BCUT2D eigenvalue weighted by molar-refractivity contribution is 7.09. The van der Waals surface area contributed by atoms with Crippen molar-refractivity contribution in [3.63, 3.8) is 0 Å². The Balaban J connectivity index is 2.13. The minimum atomic E-state index is -0.145. The number of hydrogen-bond acceptors (Lipinski definition) is 4. The molecule has 2 N–H and O–H groups in total. The molecule has 1 amide bonds. The van der Waals surface area contributed by atoms with Gasteiger partial charge < -0.3 is 10.6 Å². The molecule has 0 aliphatic carbocycles. The Bertz CT molecular complexity index is 600. The summed E-state index contributed by atoms with van der Waals surface area (Å²) < 4.78 is 0. The lowest BCUT2D eigenvalue weighted by atomic mass is 10.1. The summed E-state index contributed by atoms with van der Waals surface area (Å²) in [6, 6.07) is 5.66. The fourth-order valence-corrected chi connectivity index (χ4v) is 2.88. The molecule has 2 aromatic rings. The fourth-order valence-electron chi connectivity index (χ4n) is 1.87. The van der Waals surface area contributed by atoms with Gasteiger partial charge in [-0.1, -0.05) is 17.7 Å². The Labute approximate surface area is 127 Å². The Kier molecular flexibility index (Phi) is 4.62. The summed E-state index contributed by atoms with van der Waals surface area (Å²) in [5, 5.41) is 2.35. The van der Waals surface area contributed by atoms with Crippen molar-refractivity contribution in [3.05, 3.63) is 45.2 Å². The van der Waals surface area contributed by atoms with Crippen LogP contribution in [0.5, 0.6) is 0 Å². The van der Waals surface area contributed by atoms with Crippen molar-refractivity contribution in [2.24, 2.45) is 0 Å². The fraction of sp³-hybridized carbons (Fsp3) is 0.286. The molecule has 0 aliphatic heterocycles. The van der Waals surface area contributed by atoms with Gasteiger partial charge in [0.25, 0.3) is 5.91 Å². The topological polar surface area (TPSA) is 59.2 Å². The molecule has 20 heavy (non-hydrogen) atoms. The van der Waals surface area contributed by atoms with Gasteiger partial charge in [-0.25, -0.2) is 4.98 Å². The normalized spacial score (nSPS) is 12.2. The monoisotopic (exact) mass is 309 g/mol. The predicted octanol–water partition coefficient (Wildman–Crippen LogP) is 3.08. The van der Waals surface area contributed by atoms with Gasteiger partial charge >= 0.3 is 0 Å². The summed E-state index contributed by atoms with van der Waals surface area (Å²) in [6.07, 6.45) is 2.22. The van der Waals surface area contributed by atoms with Crippen molar-refractivity contribution in [2.75, 3.05) is 12.8 Å². The van der Waals surface area contributed by atoms with Crippen LogP contribution in [0.1, 0.15) is 22.2 Å². The average molecular weight is 310 g/mol. The molecule has 2 heterocycles. The maximum atomic E-state index is 12.4. The largest absolute Gasteiger partial charge is 0.384 e. The Hall–Kier alpha value is -1.59. The number of nitrogens with two attached hydrogens (primary N) is 1. The third kappa shape index (κ3) is 3.29. The van der Waals surface area contributed by atoms with Crippen LogP contribution >= 0.6 is 22.9 Å². The van der Waals surface area contributed by atoms with Crippen LogP contribution in [0, 0.1) is 0 Å². The van der Waals surface area contributed by atoms with E-state index in [9.17, 15) is 4.79 Å². The van der Waals surface area contributed by atoms with Crippen LogP contribution in [-0.2, 0) is 6.42 Å². The molecule has 0 radical (unpaired) electrons. The van der Waals surface area contributed by atoms with E-state index >= 15 is 0 Å². The molecular formula is C14H16ClN3OS. The number of nitrogens with zero attached hydrogens (tertiary/aromatic N) is 2. The van der Waals surface area contributed by atoms with Crippen LogP contribution in [0.3, 0.4) is 0 Å². The first-order valence-electron chi connectivity index (χ1n) is 6.19. The third-order valence-corrected chi connectivity index (χ3v) is 4.37. The first kappa shape index (κ1) is 14.8. The number of hydrogen-bond donors (Lipinski definition) is 1. The number of anilines is 1. The molecule has 1 unspecified atom stereocenters. The second kappa shape index (κ2) is 6.24. The van der Waals surface area contributed by atoms with Crippen LogP contribution in [0.4, 0.5) is 5.82 Å². The van der Waals surface area contributed by atoms with Gasteiger partial charge in [0.15, 0.2) is 0 Å². The van der Waals surface area contributed by atoms with Crippen LogP contribution in [-0.4, -0.2) is 28.9 Å². The van der Waals surface area contributed by atoms with E-state index in [2.05, 4.69) is 11.1 Å². The average Bonchev–Trinajstić information content (AvgIpc) is 2.92. The number of halogens is 1. The zero-order valence-electron chi connectivity index (χ0n) is 11.3. The molecule has 0 saturated heterocycles. The molecule has 4 nitrogen and oxygen atoms in total. The first-order chi connectivity index (χ1) is 9.49. The predicted molar refractivity (Wildman–Crippen MR) is 83.2 cm³/mol. The highest BCUT2D eigenvalue weighted by Gasteiger charge is 2.20. The van der Waals surface area contributed by atoms with Crippen molar-refractivity contribution in [1.82, 2.24) is 9.88 Å². The van der Waals surface area contributed by atoms with Gasteiger partial charge in [-0.3, -0.25) is 4.79 Å². The molecule has 2 aromatic heterocycles. The summed E-state index contributed by atoms with van der Waals surface area (Å²) in [6.45, 7) is 2.01. The van der Waals surface area contributed by atoms with Gasteiger partial charge in [0, 0.05) is 30.6 Å². The summed E-state index contributed by atoms with van der Waals surface area (Å²) in [5.41, 5.74) is 6.00. The second-order valence-electron chi connectivity index (χ2n) is 4.64. The first-order valence-corrected chi connectivity index (χ1v) is 7.45. The molecule has 0 aromatic carbocycles. The highest BCUT2D eigenvalue weighted by Crippen LogP contribution is 2.20.